The minimum Gasteiger partial charge on any atom is -0.434 e. The Morgan fingerprint density at radius 1 is 1.05 bits per heavy atom. The van der Waals surface area contributed by atoms with E-state index in [-0.39, 0.29) is 11.4 Å². The van der Waals surface area contributed by atoms with Gasteiger partial charge in [0.05, 0.1) is 18.3 Å². The Kier molecular flexibility index (Phi) is 5.05. The van der Waals surface area contributed by atoms with E-state index in [1.165, 1.54) is 30.3 Å². The Balaban J connectivity index is 2.27. The van der Waals surface area contributed by atoms with Gasteiger partial charge in [-0.05, 0) is 18.2 Å². The number of rotatable bonds is 6. The number of hydrogen-bond acceptors (Lipinski definition) is 3. The molecule has 0 saturated carbocycles. The van der Waals surface area contributed by atoms with Crippen molar-refractivity contribution in [2.45, 2.75) is 12.7 Å². The van der Waals surface area contributed by atoms with Crippen LogP contribution in [-0.4, -0.2) is 18.3 Å². The van der Waals surface area contributed by atoms with E-state index in [4.69, 9.17) is 0 Å². The molecule has 0 bridgehead atoms. The molecule has 2 N–H and O–H groups in total. The van der Waals surface area contributed by atoms with E-state index in [1.807, 2.05) is 0 Å². The van der Waals surface area contributed by atoms with Gasteiger partial charge in [0, 0.05) is 5.56 Å². The summed E-state index contributed by atoms with van der Waals surface area (Å²) in [5.41, 5.74) is 0.493. The average molecular weight is 297 g/mol. The molecule has 2 aromatic rings. The zero-order valence-electron chi connectivity index (χ0n) is 11.0. The van der Waals surface area contributed by atoms with E-state index in [9.17, 15) is 18.3 Å². The van der Waals surface area contributed by atoms with Crippen molar-refractivity contribution < 1.29 is 23.0 Å². The summed E-state index contributed by atoms with van der Waals surface area (Å²) in [6.07, 6.45) is 0. The van der Waals surface area contributed by atoms with Crippen LogP contribution in [0.2, 0.25) is 0 Å². The van der Waals surface area contributed by atoms with Gasteiger partial charge in [-0.25, -0.2) is 4.39 Å². The molecule has 0 amide bonds. The van der Waals surface area contributed by atoms with Crippen LogP contribution in [0.4, 0.5) is 18.9 Å². The molecule has 0 spiro atoms. The second kappa shape index (κ2) is 6.99. The molecule has 0 aliphatic heterocycles. The quantitative estimate of drug-likeness (QED) is 0.856. The number of hydrogen-bond donors (Lipinski definition) is 2. The Bertz CT molecular complexity index is 593. The average Bonchev–Trinajstić information content (AvgIpc) is 2.47. The third-order valence-electron chi connectivity index (χ3n) is 2.90. The topological polar surface area (TPSA) is 41.5 Å². The van der Waals surface area contributed by atoms with Crippen molar-refractivity contribution in [1.29, 1.82) is 0 Å². The number of anilines is 1. The Morgan fingerprint density at radius 3 is 2.38 bits per heavy atom. The van der Waals surface area contributed by atoms with Crippen LogP contribution in [-0.2, 0) is 0 Å². The van der Waals surface area contributed by atoms with E-state index >= 15 is 0 Å². The van der Waals surface area contributed by atoms with Crippen LogP contribution in [0.3, 0.4) is 0 Å². The van der Waals surface area contributed by atoms with Gasteiger partial charge in [0.15, 0.2) is 0 Å². The molecule has 0 aliphatic carbocycles. The monoisotopic (exact) mass is 297 g/mol. The van der Waals surface area contributed by atoms with Crippen LogP contribution in [0.5, 0.6) is 5.75 Å². The fourth-order valence-corrected chi connectivity index (χ4v) is 1.96. The maximum Gasteiger partial charge on any atom is 0.387 e. The van der Waals surface area contributed by atoms with Crippen LogP contribution in [0, 0.1) is 5.82 Å². The molecule has 0 heterocycles. The number of para-hydroxylation sites is 2. The Labute approximate surface area is 120 Å². The van der Waals surface area contributed by atoms with E-state index in [1.54, 1.807) is 18.2 Å². The molecule has 0 saturated heterocycles. The number of alkyl halides is 2. The molecule has 6 heteroatoms. The summed E-state index contributed by atoms with van der Waals surface area (Å²) >= 11 is 0. The molecule has 0 radical (unpaired) electrons. The van der Waals surface area contributed by atoms with Gasteiger partial charge in [-0.2, -0.15) is 8.78 Å². The minimum atomic E-state index is -2.97. The number of aliphatic hydroxyl groups is 1. The van der Waals surface area contributed by atoms with Gasteiger partial charge in [-0.1, -0.05) is 30.3 Å². The summed E-state index contributed by atoms with van der Waals surface area (Å²) in [6, 6.07) is 11.2. The molecule has 0 aliphatic rings. The zero-order chi connectivity index (χ0) is 15.2. The maximum absolute atomic E-state index is 13.6. The standard InChI is InChI=1S/C15H14F3NO2/c16-11-6-2-3-7-12(11)19-13(9-20)10-5-1-4-8-14(10)21-15(17)18/h1-8,13,15,19-20H,9H2. The van der Waals surface area contributed by atoms with Crippen molar-refractivity contribution in [2.24, 2.45) is 0 Å². The highest BCUT2D eigenvalue weighted by Gasteiger charge is 2.18. The fourth-order valence-electron chi connectivity index (χ4n) is 1.96. The summed E-state index contributed by atoms with van der Waals surface area (Å²) in [4.78, 5) is 0. The van der Waals surface area contributed by atoms with Crippen molar-refractivity contribution in [3.8, 4) is 5.75 Å². The van der Waals surface area contributed by atoms with Gasteiger partial charge in [0.2, 0.25) is 0 Å². The van der Waals surface area contributed by atoms with E-state index in [2.05, 4.69) is 10.1 Å². The maximum atomic E-state index is 13.6. The lowest BCUT2D eigenvalue weighted by molar-refractivity contribution is -0.0507. The minimum absolute atomic E-state index is 0.0598. The highest BCUT2D eigenvalue weighted by atomic mass is 19.3. The molecule has 3 nitrogen and oxygen atoms in total. The van der Waals surface area contributed by atoms with Crippen molar-refractivity contribution in [1.82, 2.24) is 0 Å². The lowest BCUT2D eigenvalue weighted by Crippen LogP contribution is -2.17. The summed E-state index contributed by atoms with van der Waals surface area (Å²) in [7, 11) is 0. The summed E-state index contributed by atoms with van der Waals surface area (Å²) in [6.45, 7) is -3.38. The first-order valence-corrected chi connectivity index (χ1v) is 6.27. The third kappa shape index (κ3) is 3.88. The lowest BCUT2D eigenvalue weighted by atomic mass is 10.1. The van der Waals surface area contributed by atoms with E-state index < -0.39 is 25.1 Å². The number of ether oxygens (including phenoxy) is 1. The van der Waals surface area contributed by atoms with Gasteiger partial charge in [-0.15, -0.1) is 0 Å². The molecule has 1 atom stereocenters. The fraction of sp³-hybridized carbons (Fsp3) is 0.200. The number of aliphatic hydroxyl groups excluding tert-OH is 1. The largest absolute Gasteiger partial charge is 0.434 e. The predicted molar refractivity (Wildman–Crippen MR) is 72.9 cm³/mol. The summed E-state index contributed by atoms with van der Waals surface area (Å²) in [5, 5.41) is 12.2. The molecule has 0 aromatic heterocycles. The van der Waals surface area contributed by atoms with Crippen molar-refractivity contribution >= 4 is 5.69 Å². The highest BCUT2D eigenvalue weighted by Crippen LogP contribution is 2.29. The smallest absolute Gasteiger partial charge is 0.387 e. The summed E-state index contributed by atoms with van der Waals surface area (Å²) < 4.78 is 42.8. The molecular weight excluding hydrogens is 283 g/mol. The predicted octanol–water partition coefficient (Wildman–Crippen LogP) is 3.57. The van der Waals surface area contributed by atoms with Crippen LogP contribution >= 0.6 is 0 Å². The van der Waals surface area contributed by atoms with Crippen molar-refractivity contribution in [3.63, 3.8) is 0 Å². The van der Waals surface area contributed by atoms with Gasteiger partial charge in [0.25, 0.3) is 0 Å². The van der Waals surface area contributed by atoms with Crippen LogP contribution in [0.25, 0.3) is 0 Å². The van der Waals surface area contributed by atoms with Crippen molar-refractivity contribution in [2.75, 3.05) is 11.9 Å². The van der Waals surface area contributed by atoms with Gasteiger partial charge >= 0.3 is 6.61 Å². The van der Waals surface area contributed by atoms with Crippen LogP contribution in [0.1, 0.15) is 11.6 Å². The molecule has 1 unspecified atom stereocenters. The zero-order valence-corrected chi connectivity index (χ0v) is 11.0. The first kappa shape index (κ1) is 15.2. The molecule has 2 rings (SSSR count). The molecule has 112 valence electrons. The first-order chi connectivity index (χ1) is 10.1. The highest BCUT2D eigenvalue weighted by molar-refractivity contribution is 5.49. The second-order valence-corrected chi connectivity index (χ2v) is 4.28. The molecule has 2 aromatic carbocycles. The molecule has 21 heavy (non-hydrogen) atoms. The lowest BCUT2D eigenvalue weighted by Gasteiger charge is -2.21. The Morgan fingerprint density at radius 2 is 1.71 bits per heavy atom. The van der Waals surface area contributed by atoms with Gasteiger partial charge < -0.3 is 15.2 Å². The van der Waals surface area contributed by atoms with Crippen LogP contribution < -0.4 is 10.1 Å². The number of halogens is 3. The SMILES string of the molecule is OCC(Nc1ccccc1F)c1ccccc1OC(F)F. The Hall–Kier alpha value is -2.21. The van der Waals surface area contributed by atoms with Gasteiger partial charge in [0.1, 0.15) is 11.6 Å². The number of benzene rings is 2. The molecule has 0 fully saturated rings. The third-order valence-corrected chi connectivity index (χ3v) is 2.90. The van der Waals surface area contributed by atoms with E-state index in [0.29, 0.717) is 5.56 Å². The number of nitrogens with one attached hydrogen (secondary N) is 1. The normalized spacial score (nSPS) is 12.2. The van der Waals surface area contributed by atoms with E-state index in [0.717, 1.165) is 0 Å². The first-order valence-electron chi connectivity index (χ1n) is 6.27. The summed E-state index contributed by atoms with van der Waals surface area (Å²) in [5.74, 6) is -0.557. The van der Waals surface area contributed by atoms with Gasteiger partial charge in [-0.3, -0.25) is 0 Å². The van der Waals surface area contributed by atoms with Crippen LogP contribution in [0.15, 0.2) is 48.5 Å². The van der Waals surface area contributed by atoms with Crippen molar-refractivity contribution in [3.05, 3.63) is 59.9 Å². The molecular formula is C15H14F3NO2. The second-order valence-electron chi connectivity index (χ2n) is 4.28.